The number of aromatic nitrogens is 1. The zero-order valence-corrected chi connectivity index (χ0v) is 11.0. The van der Waals surface area contributed by atoms with Gasteiger partial charge in [0.25, 0.3) is 5.91 Å². The second-order valence-corrected chi connectivity index (χ2v) is 4.50. The number of halogens is 2. The van der Waals surface area contributed by atoms with Crippen LogP contribution in [0.25, 0.3) is 0 Å². The van der Waals surface area contributed by atoms with Crippen LogP contribution in [0.15, 0.2) is 30.5 Å². The molecule has 7 heteroatoms. The largest absolute Gasteiger partial charge is 0.505 e. The standard InChI is InChI=1S/C12H9Cl2N3O2/c13-7-4-6(5-8(14)11(7)18)17-12(19)10-9(15)2-1-3-16-10/h1-5,18H,15H2,(H,17,19). The fourth-order valence-corrected chi connectivity index (χ4v) is 1.92. The van der Waals surface area contributed by atoms with Crippen molar-refractivity contribution in [1.29, 1.82) is 0 Å². The monoisotopic (exact) mass is 297 g/mol. The van der Waals surface area contributed by atoms with Gasteiger partial charge in [0, 0.05) is 11.9 Å². The molecule has 1 heterocycles. The molecule has 1 aromatic heterocycles. The molecule has 0 aliphatic rings. The molecule has 2 rings (SSSR count). The van der Waals surface area contributed by atoms with Crippen LogP contribution in [0.4, 0.5) is 11.4 Å². The van der Waals surface area contributed by atoms with Crippen LogP contribution < -0.4 is 11.1 Å². The van der Waals surface area contributed by atoms with Gasteiger partial charge in [0.1, 0.15) is 0 Å². The maximum Gasteiger partial charge on any atom is 0.276 e. The molecule has 2 aromatic rings. The first-order valence-electron chi connectivity index (χ1n) is 5.19. The third-order valence-electron chi connectivity index (χ3n) is 2.33. The summed E-state index contributed by atoms with van der Waals surface area (Å²) >= 11 is 11.5. The molecule has 5 nitrogen and oxygen atoms in total. The number of nitrogens with zero attached hydrogens (tertiary/aromatic N) is 1. The first kappa shape index (κ1) is 13.5. The van der Waals surface area contributed by atoms with E-state index in [-0.39, 0.29) is 27.2 Å². The summed E-state index contributed by atoms with van der Waals surface area (Å²) in [6.45, 7) is 0. The number of nitrogen functional groups attached to an aromatic ring is 1. The summed E-state index contributed by atoms with van der Waals surface area (Å²) in [5, 5.41) is 12.0. The molecule has 0 spiro atoms. The summed E-state index contributed by atoms with van der Waals surface area (Å²) in [7, 11) is 0. The lowest BCUT2D eigenvalue weighted by atomic mass is 10.2. The first-order chi connectivity index (χ1) is 8.99. The van der Waals surface area contributed by atoms with Gasteiger partial charge in [0.05, 0.1) is 15.7 Å². The molecule has 0 aliphatic carbocycles. The second kappa shape index (κ2) is 5.34. The van der Waals surface area contributed by atoms with Crippen LogP contribution >= 0.6 is 23.2 Å². The van der Waals surface area contributed by atoms with E-state index in [1.807, 2.05) is 0 Å². The fraction of sp³-hybridized carbons (Fsp3) is 0. The molecule has 0 saturated carbocycles. The van der Waals surface area contributed by atoms with E-state index in [0.29, 0.717) is 5.69 Å². The molecule has 0 unspecified atom stereocenters. The number of hydrogen-bond acceptors (Lipinski definition) is 4. The fourth-order valence-electron chi connectivity index (χ4n) is 1.44. The number of rotatable bonds is 2. The highest BCUT2D eigenvalue weighted by atomic mass is 35.5. The Balaban J connectivity index is 2.27. The molecular formula is C12H9Cl2N3O2. The average Bonchev–Trinajstić information content (AvgIpc) is 2.36. The van der Waals surface area contributed by atoms with Crippen LogP contribution in [-0.2, 0) is 0 Å². The van der Waals surface area contributed by atoms with Crippen LogP contribution in [0.1, 0.15) is 10.5 Å². The Morgan fingerprint density at radius 3 is 2.53 bits per heavy atom. The van der Waals surface area contributed by atoms with Gasteiger partial charge in [-0.3, -0.25) is 4.79 Å². The number of carbonyl (C=O) groups excluding carboxylic acids is 1. The number of carbonyl (C=O) groups is 1. The van der Waals surface area contributed by atoms with Crippen LogP contribution in [0.2, 0.25) is 10.0 Å². The lowest BCUT2D eigenvalue weighted by Crippen LogP contribution is -2.15. The molecule has 0 aliphatic heterocycles. The molecule has 0 fully saturated rings. The summed E-state index contributed by atoms with van der Waals surface area (Å²) in [5.74, 6) is -0.727. The number of amides is 1. The van der Waals surface area contributed by atoms with Gasteiger partial charge in [0.2, 0.25) is 0 Å². The highest BCUT2D eigenvalue weighted by Gasteiger charge is 2.13. The van der Waals surface area contributed by atoms with Gasteiger partial charge in [-0.05, 0) is 24.3 Å². The van der Waals surface area contributed by atoms with Crippen molar-refractivity contribution in [3.8, 4) is 5.75 Å². The Morgan fingerprint density at radius 2 is 1.95 bits per heavy atom. The molecular weight excluding hydrogens is 289 g/mol. The number of aromatic hydroxyl groups is 1. The number of hydrogen-bond donors (Lipinski definition) is 3. The quantitative estimate of drug-likeness (QED) is 0.744. The van der Waals surface area contributed by atoms with Gasteiger partial charge < -0.3 is 16.2 Å². The number of benzene rings is 1. The summed E-state index contributed by atoms with van der Waals surface area (Å²) < 4.78 is 0. The third-order valence-corrected chi connectivity index (χ3v) is 2.90. The lowest BCUT2D eigenvalue weighted by Gasteiger charge is -2.08. The van der Waals surface area contributed by atoms with Crippen LogP contribution in [0, 0.1) is 0 Å². The van der Waals surface area contributed by atoms with Crippen molar-refractivity contribution in [1.82, 2.24) is 4.98 Å². The maximum absolute atomic E-state index is 11.9. The first-order valence-corrected chi connectivity index (χ1v) is 5.94. The zero-order valence-electron chi connectivity index (χ0n) is 9.52. The third kappa shape index (κ3) is 2.89. The summed E-state index contributed by atoms with van der Waals surface area (Å²) in [6.07, 6.45) is 1.46. The minimum absolute atomic E-state index is 0.0387. The predicted octanol–water partition coefficient (Wildman–Crippen LogP) is 2.93. The van der Waals surface area contributed by atoms with E-state index in [2.05, 4.69) is 10.3 Å². The second-order valence-electron chi connectivity index (χ2n) is 3.68. The number of anilines is 2. The topological polar surface area (TPSA) is 88.2 Å². The molecule has 1 aromatic carbocycles. The molecule has 1 amide bonds. The van der Waals surface area contributed by atoms with Crippen molar-refractivity contribution >= 4 is 40.5 Å². The Morgan fingerprint density at radius 1 is 1.32 bits per heavy atom. The van der Waals surface area contributed by atoms with Crippen molar-refractivity contribution in [2.24, 2.45) is 0 Å². The summed E-state index contributed by atoms with van der Waals surface area (Å²) in [4.78, 5) is 15.8. The van der Waals surface area contributed by atoms with Crippen molar-refractivity contribution in [2.75, 3.05) is 11.1 Å². The number of nitrogens with one attached hydrogen (secondary N) is 1. The molecule has 0 bridgehead atoms. The molecule has 0 saturated heterocycles. The Labute approximate surface area is 119 Å². The number of phenolic OH excluding ortho intramolecular Hbond substituents is 1. The van der Waals surface area contributed by atoms with E-state index >= 15 is 0 Å². The van der Waals surface area contributed by atoms with Crippen LogP contribution in [-0.4, -0.2) is 16.0 Å². The highest BCUT2D eigenvalue weighted by Crippen LogP contribution is 2.34. The van der Waals surface area contributed by atoms with E-state index in [1.54, 1.807) is 12.1 Å². The van der Waals surface area contributed by atoms with Crippen molar-refractivity contribution in [2.45, 2.75) is 0 Å². The molecule has 19 heavy (non-hydrogen) atoms. The molecule has 4 N–H and O–H groups in total. The minimum Gasteiger partial charge on any atom is -0.505 e. The van der Waals surface area contributed by atoms with Gasteiger partial charge in [-0.15, -0.1) is 0 Å². The summed E-state index contributed by atoms with van der Waals surface area (Å²) in [5.41, 5.74) is 6.34. The van der Waals surface area contributed by atoms with Gasteiger partial charge in [-0.2, -0.15) is 0 Å². The number of pyridine rings is 1. The van der Waals surface area contributed by atoms with E-state index < -0.39 is 5.91 Å². The summed E-state index contributed by atoms with van der Waals surface area (Å²) in [6, 6.07) is 5.94. The zero-order chi connectivity index (χ0) is 14.0. The number of phenols is 1. The normalized spacial score (nSPS) is 10.2. The maximum atomic E-state index is 11.9. The van der Waals surface area contributed by atoms with E-state index in [9.17, 15) is 9.90 Å². The Bertz CT molecular complexity index is 624. The minimum atomic E-state index is -0.490. The average molecular weight is 298 g/mol. The van der Waals surface area contributed by atoms with E-state index in [0.717, 1.165) is 0 Å². The van der Waals surface area contributed by atoms with Crippen LogP contribution in [0.5, 0.6) is 5.75 Å². The van der Waals surface area contributed by atoms with Gasteiger partial charge in [-0.1, -0.05) is 23.2 Å². The molecule has 0 atom stereocenters. The Hall–Kier alpha value is -1.98. The van der Waals surface area contributed by atoms with Gasteiger partial charge >= 0.3 is 0 Å². The molecule has 98 valence electrons. The van der Waals surface area contributed by atoms with E-state index in [4.69, 9.17) is 28.9 Å². The van der Waals surface area contributed by atoms with Crippen molar-refractivity contribution in [3.05, 3.63) is 46.2 Å². The van der Waals surface area contributed by atoms with Gasteiger partial charge in [0.15, 0.2) is 11.4 Å². The van der Waals surface area contributed by atoms with Gasteiger partial charge in [-0.25, -0.2) is 4.98 Å². The highest BCUT2D eigenvalue weighted by molar-refractivity contribution is 6.37. The smallest absolute Gasteiger partial charge is 0.276 e. The number of nitrogens with two attached hydrogens (primary N) is 1. The van der Waals surface area contributed by atoms with Crippen molar-refractivity contribution < 1.29 is 9.90 Å². The SMILES string of the molecule is Nc1cccnc1C(=O)Nc1cc(Cl)c(O)c(Cl)c1. The molecule has 0 radical (unpaired) electrons. The predicted molar refractivity (Wildman–Crippen MR) is 74.7 cm³/mol. The van der Waals surface area contributed by atoms with E-state index in [1.165, 1.54) is 18.3 Å². The van der Waals surface area contributed by atoms with Crippen LogP contribution in [0.3, 0.4) is 0 Å². The lowest BCUT2D eigenvalue weighted by molar-refractivity contribution is 0.102. The van der Waals surface area contributed by atoms with Crippen molar-refractivity contribution in [3.63, 3.8) is 0 Å². The Kier molecular flexibility index (Phi) is 3.78.